The number of aromatic amines is 1. The second-order valence-electron chi connectivity index (χ2n) is 5.59. The molecule has 0 aliphatic rings. The quantitative estimate of drug-likeness (QED) is 0.483. The van der Waals surface area contributed by atoms with Crippen molar-refractivity contribution in [2.75, 3.05) is 28.4 Å². The van der Waals surface area contributed by atoms with E-state index >= 15 is 0 Å². The van der Waals surface area contributed by atoms with Crippen LogP contribution in [0.2, 0.25) is 0 Å². The SMILES string of the molecule is COc1cccc(-c2n[nH]c(=S)n2/N=C\c2cc(OC)c(OC)cc2OC)c1. The van der Waals surface area contributed by atoms with E-state index in [1.807, 2.05) is 24.3 Å². The number of methoxy groups -OCH3 is 4. The summed E-state index contributed by atoms with van der Waals surface area (Å²) in [5, 5.41) is 11.5. The van der Waals surface area contributed by atoms with E-state index < -0.39 is 0 Å². The summed E-state index contributed by atoms with van der Waals surface area (Å²) in [6.45, 7) is 0. The van der Waals surface area contributed by atoms with Gasteiger partial charge in [0, 0.05) is 17.2 Å². The second kappa shape index (κ2) is 8.57. The number of ether oxygens (including phenoxy) is 4. The van der Waals surface area contributed by atoms with Crippen molar-refractivity contribution in [1.29, 1.82) is 0 Å². The molecule has 3 aromatic rings. The molecule has 1 heterocycles. The van der Waals surface area contributed by atoms with Gasteiger partial charge >= 0.3 is 0 Å². The van der Waals surface area contributed by atoms with E-state index in [2.05, 4.69) is 15.3 Å². The van der Waals surface area contributed by atoms with E-state index in [1.54, 1.807) is 46.8 Å². The van der Waals surface area contributed by atoms with Crippen molar-refractivity contribution >= 4 is 18.4 Å². The fourth-order valence-electron chi connectivity index (χ4n) is 2.62. The highest BCUT2D eigenvalue weighted by atomic mass is 32.1. The molecule has 1 aromatic heterocycles. The van der Waals surface area contributed by atoms with Crippen molar-refractivity contribution in [2.45, 2.75) is 0 Å². The van der Waals surface area contributed by atoms with Gasteiger partial charge in [0.1, 0.15) is 11.5 Å². The van der Waals surface area contributed by atoms with E-state index in [0.717, 1.165) is 5.56 Å². The van der Waals surface area contributed by atoms with Gasteiger partial charge in [0.2, 0.25) is 4.77 Å². The molecule has 0 radical (unpaired) electrons. The lowest BCUT2D eigenvalue weighted by Gasteiger charge is -2.11. The topological polar surface area (TPSA) is 82.9 Å². The summed E-state index contributed by atoms with van der Waals surface area (Å²) in [5.74, 6) is 2.98. The Morgan fingerprint density at radius 2 is 1.68 bits per heavy atom. The van der Waals surface area contributed by atoms with Crippen LogP contribution in [-0.2, 0) is 0 Å². The average Bonchev–Trinajstić information content (AvgIpc) is 3.11. The lowest BCUT2D eigenvalue weighted by atomic mass is 10.2. The van der Waals surface area contributed by atoms with Gasteiger partial charge in [-0.15, -0.1) is 0 Å². The Labute approximate surface area is 167 Å². The van der Waals surface area contributed by atoms with Crippen LogP contribution in [0.15, 0.2) is 41.5 Å². The minimum Gasteiger partial charge on any atom is -0.497 e. The first-order valence-electron chi connectivity index (χ1n) is 8.27. The number of rotatable bonds is 7. The highest BCUT2D eigenvalue weighted by Crippen LogP contribution is 2.34. The molecule has 0 aliphatic heterocycles. The molecule has 9 heteroatoms. The normalized spacial score (nSPS) is 10.9. The van der Waals surface area contributed by atoms with Crippen molar-refractivity contribution in [3.63, 3.8) is 0 Å². The van der Waals surface area contributed by atoms with Gasteiger partial charge in [-0.3, -0.25) is 0 Å². The minimum absolute atomic E-state index is 0.355. The summed E-state index contributed by atoms with van der Waals surface area (Å²) < 4.78 is 23.2. The number of aromatic nitrogens is 3. The van der Waals surface area contributed by atoms with Crippen LogP contribution in [0.1, 0.15) is 5.56 Å². The van der Waals surface area contributed by atoms with Crippen LogP contribution >= 0.6 is 12.2 Å². The minimum atomic E-state index is 0.355. The third-order valence-corrected chi connectivity index (χ3v) is 4.29. The van der Waals surface area contributed by atoms with Gasteiger partial charge in [0.05, 0.1) is 34.7 Å². The molecule has 2 aromatic carbocycles. The molecule has 0 amide bonds. The number of nitrogens with one attached hydrogen (secondary N) is 1. The van der Waals surface area contributed by atoms with E-state index in [-0.39, 0.29) is 0 Å². The fraction of sp³-hybridized carbons (Fsp3) is 0.211. The Hall–Kier alpha value is -3.33. The summed E-state index contributed by atoms with van der Waals surface area (Å²) in [4.78, 5) is 0. The largest absolute Gasteiger partial charge is 0.497 e. The van der Waals surface area contributed by atoms with Crippen molar-refractivity contribution in [3.8, 4) is 34.4 Å². The maximum Gasteiger partial charge on any atom is 0.216 e. The Morgan fingerprint density at radius 1 is 0.964 bits per heavy atom. The monoisotopic (exact) mass is 400 g/mol. The summed E-state index contributed by atoms with van der Waals surface area (Å²) in [6.07, 6.45) is 1.62. The zero-order valence-electron chi connectivity index (χ0n) is 15.9. The van der Waals surface area contributed by atoms with Crippen LogP contribution in [0, 0.1) is 4.77 Å². The molecule has 0 spiro atoms. The smallest absolute Gasteiger partial charge is 0.216 e. The maximum atomic E-state index is 5.43. The highest BCUT2D eigenvalue weighted by molar-refractivity contribution is 7.71. The molecular formula is C19H20N4O4S. The third-order valence-electron chi connectivity index (χ3n) is 4.03. The predicted octanol–water partition coefficient (Wildman–Crippen LogP) is 3.52. The molecule has 1 N–H and O–H groups in total. The first kappa shape index (κ1) is 19.4. The summed E-state index contributed by atoms with van der Waals surface area (Å²) in [6, 6.07) is 11.0. The third kappa shape index (κ3) is 3.84. The van der Waals surface area contributed by atoms with Crippen molar-refractivity contribution in [3.05, 3.63) is 46.7 Å². The van der Waals surface area contributed by atoms with E-state index in [4.69, 9.17) is 31.2 Å². The molecule has 0 unspecified atom stereocenters. The number of nitrogens with zero attached hydrogens (tertiary/aromatic N) is 3. The van der Waals surface area contributed by atoms with Gasteiger partial charge in [0.15, 0.2) is 17.3 Å². The van der Waals surface area contributed by atoms with Gasteiger partial charge in [-0.05, 0) is 30.4 Å². The van der Waals surface area contributed by atoms with Gasteiger partial charge in [-0.1, -0.05) is 12.1 Å². The van der Waals surface area contributed by atoms with Crippen LogP contribution < -0.4 is 18.9 Å². The molecule has 0 bridgehead atoms. The molecule has 8 nitrogen and oxygen atoms in total. The van der Waals surface area contributed by atoms with Gasteiger partial charge in [0.25, 0.3) is 0 Å². The van der Waals surface area contributed by atoms with Crippen LogP contribution in [0.25, 0.3) is 11.4 Å². The first-order chi connectivity index (χ1) is 13.6. The number of hydrogen-bond donors (Lipinski definition) is 1. The Morgan fingerprint density at radius 3 is 2.36 bits per heavy atom. The fourth-order valence-corrected chi connectivity index (χ4v) is 2.80. The van der Waals surface area contributed by atoms with E-state index in [9.17, 15) is 0 Å². The van der Waals surface area contributed by atoms with E-state index in [1.165, 1.54) is 4.68 Å². The molecule has 3 rings (SSSR count). The number of H-pyrrole nitrogens is 1. The van der Waals surface area contributed by atoms with Gasteiger partial charge < -0.3 is 18.9 Å². The van der Waals surface area contributed by atoms with Crippen molar-refractivity contribution in [1.82, 2.24) is 14.9 Å². The molecule has 0 aliphatic carbocycles. The maximum absolute atomic E-state index is 5.43. The summed E-state index contributed by atoms with van der Waals surface area (Å²) in [7, 11) is 6.32. The lowest BCUT2D eigenvalue weighted by Crippen LogP contribution is -1.99. The van der Waals surface area contributed by atoms with Gasteiger partial charge in [-0.25, -0.2) is 5.10 Å². The predicted molar refractivity (Wildman–Crippen MR) is 108 cm³/mol. The Kier molecular flexibility index (Phi) is 5.95. The van der Waals surface area contributed by atoms with Crippen LogP contribution in [0.4, 0.5) is 0 Å². The molecule has 0 fully saturated rings. The standard InChI is InChI=1S/C19H20N4O4S/c1-24-14-7-5-6-12(8-14)18-21-22-19(28)23(18)20-11-13-9-16(26-3)17(27-4)10-15(13)25-2/h5-11H,1-4H3,(H,22,28)/b20-11-. The Balaban J connectivity index is 2.04. The van der Waals surface area contributed by atoms with Crippen molar-refractivity contribution < 1.29 is 18.9 Å². The molecule has 0 saturated heterocycles. The second-order valence-corrected chi connectivity index (χ2v) is 5.98. The van der Waals surface area contributed by atoms with E-state index in [0.29, 0.717) is 39.2 Å². The van der Waals surface area contributed by atoms with Crippen LogP contribution in [0.5, 0.6) is 23.0 Å². The summed E-state index contributed by atoms with van der Waals surface area (Å²) in [5.41, 5.74) is 1.50. The van der Waals surface area contributed by atoms with Crippen molar-refractivity contribution in [2.24, 2.45) is 5.10 Å². The number of hydrogen-bond acceptors (Lipinski definition) is 7. The summed E-state index contributed by atoms with van der Waals surface area (Å²) >= 11 is 5.32. The number of benzene rings is 2. The van der Waals surface area contributed by atoms with Crippen LogP contribution in [-0.4, -0.2) is 49.5 Å². The molecule has 28 heavy (non-hydrogen) atoms. The first-order valence-corrected chi connectivity index (χ1v) is 8.68. The zero-order valence-corrected chi connectivity index (χ0v) is 16.7. The Bertz CT molecular complexity index is 1060. The average molecular weight is 400 g/mol. The molecule has 0 saturated carbocycles. The molecular weight excluding hydrogens is 380 g/mol. The lowest BCUT2D eigenvalue weighted by molar-refractivity contribution is 0.349. The zero-order chi connectivity index (χ0) is 20.1. The van der Waals surface area contributed by atoms with Gasteiger partial charge in [-0.2, -0.15) is 14.9 Å². The molecule has 146 valence electrons. The van der Waals surface area contributed by atoms with Crippen LogP contribution in [0.3, 0.4) is 0 Å². The molecule has 0 atom stereocenters. The highest BCUT2D eigenvalue weighted by Gasteiger charge is 2.12.